The molecule has 1 aliphatic heterocycles. The third-order valence-electron chi connectivity index (χ3n) is 3.40. The molecule has 0 spiro atoms. The molecule has 1 aromatic carbocycles. The minimum atomic E-state index is 0.674. The molecular weight excluding hydrogens is 230 g/mol. The van der Waals surface area contributed by atoms with Crippen molar-refractivity contribution in [3.05, 3.63) is 35.6 Å². The van der Waals surface area contributed by atoms with Gasteiger partial charge in [-0.2, -0.15) is 11.8 Å². The van der Waals surface area contributed by atoms with E-state index in [0.29, 0.717) is 6.04 Å². The molecule has 17 heavy (non-hydrogen) atoms. The van der Waals surface area contributed by atoms with E-state index in [1.54, 1.807) is 0 Å². The van der Waals surface area contributed by atoms with Gasteiger partial charge in [-0.1, -0.05) is 18.2 Å². The molecule has 3 rings (SSSR count). The van der Waals surface area contributed by atoms with Crippen LogP contribution in [0, 0.1) is 6.92 Å². The second-order valence-corrected chi connectivity index (χ2v) is 5.72. The van der Waals surface area contributed by atoms with Gasteiger partial charge in [-0.3, -0.25) is 0 Å². The van der Waals surface area contributed by atoms with Gasteiger partial charge in [-0.15, -0.1) is 0 Å². The minimum Gasteiger partial charge on any atom is -0.461 e. The van der Waals surface area contributed by atoms with Crippen molar-refractivity contribution in [1.82, 2.24) is 5.32 Å². The molecule has 0 bridgehead atoms. The number of hydrogen-bond donors (Lipinski definition) is 1. The lowest BCUT2D eigenvalue weighted by Crippen LogP contribution is -2.28. The Morgan fingerprint density at radius 1 is 1.41 bits per heavy atom. The molecule has 1 aliphatic rings. The second kappa shape index (κ2) is 4.75. The molecule has 90 valence electrons. The second-order valence-electron chi connectivity index (χ2n) is 4.57. The Morgan fingerprint density at radius 3 is 3.12 bits per heavy atom. The first-order valence-corrected chi connectivity index (χ1v) is 7.28. The van der Waals surface area contributed by atoms with Crippen LogP contribution in [0.3, 0.4) is 0 Å². The van der Waals surface area contributed by atoms with E-state index in [0.717, 1.165) is 17.9 Å². The zero-order valence-corrected chi connectivity index (χ0v) is 10.8. The Morgan fingerprint density at radius 2 is 2.29 bits per heavy atom. The van der Waals surface area contributed by atoms with E-state index >= 15 is 0 Å². The van der Waals surface area contributed by atoms with Crippen LogP contribution in [-0.2, 0) is 6.54 Å². The molecular formula is C14H17NOS. The Balaban J connectivity index is 1.81. The van der Waals surface area contributed by atoms with Gasteiger partial charge in [0.25, 0.3) is 0 Å². The lowest BCUT2D eigenvalue weighted by Gasteiger charge is -2.10. The quantitative estimate of drug-likeness (QED) is 0.900. The van der Waals surface area contributed by atoms with Crippen molar-refractivity contribution in [2.75, 3.05) is 11.5 Å². The van der Waals surface area contributed by atoms with Crippen LogP contribution in [0.1, 0.15) is 17.7 Å². The minimum absolute atomic E-state index is 0.674. The van der Waals surface area contributed by atoms with E-state index in [2.05, 4.69) is 24.4 Å². The summed E-state index contributed by atoms with van der Waals surface area (Å²) in [5.41, 5.74) is 2.32. The molecule has 1 aromatic heterocycles. The summed E-state index contributed by atoms with van der Waals surface area (Å²) in [5, 5.41) is 4.89. The number of aryl methyl sites for hydroxylation is 1. The standard InChI is InChI=1S/C14H17NOS/c1-10-13(8-15-11-6-7-17-9-11)12-4-2-3-5-14(12)16-10/h2-5,11,15H,6-9H2,1H3. The van der Waals surface area contributed by atoms with Gasteiger partial charge in [0.15, 0.2) is 0 Å². The van der Waals surface area contributed by atoms with E-state index in [1.807, 2.05) is 23.9 Å². The van der Waals surface area contributed by atoms with Crippen molar-refractivity contribution in [2.45, 2.75) is 25.9 Å². The van der Waals surface area contributed by atoms with Gasteiger partial charge in [-0.25, -0.2) is 0 Å². The first-order chi connectivity index (χ1) is 8.34. The van der Waals surface area contributed by atoms with E-state index < -0.39 is 0 Å². The van der Waals surface area contributed by atoms with Gasteiger partial charge in [0, 0.05) is 29.3 Å². The number of rotatable bonds is 3. The zero-order chi connectivity index (χ0) is 11.7. The molecule has 1 N–H and O–H groups in total. The fraction of sp³-hybridized carbons (Fsp3) is 0.429. The maximum Gasteiger partial charge on any atom is 0.134 e. The summed E-state index contributed by atoms with van der Waals surface area (Å²) < 4.78 is 5.77. The van der Waals surface area contributed by atoms with Crippen molar-refractivity contribution in [1.29, 1.82) is 0 Å². The highest BCUT2D eigenvalue weighted by Gasteiger charge is 2.16. The predicted octanol–water partition coefficient (Wildman–Crippen LogP) is 3.34. The summed E-state index contributed by atoms with van der Waals surface area (Å²) in [5.74, 6) is 3.58. The third kappa shape index (κ3) is 2.22. The van der Waals surface area contributed by atoms with Crippen molar-refractivity contribution >= 4 is 22.7 Å². The number of furan rings is 1. The highest BCUT2D eigenvalue weighted by atomic mass is 32.2. The highest BCUT2D eigenvalue weighted by molar-refractivity contribution is 7.99. The van der Waals surface area contributed by atoms with Crippen LogP contribution in [0.15, 0.2) is 28.7 Å². The molecule has 2 nitrogen and oxygen atoms in total. The number of nitrogens with one attached hydrogen (secondary N) is 1. The monoisotopic (exact) mass is 247 g/mol. The van der Waals surface area contributed by atoms with Gasteiger partial charge in [0.1, 0.15) is 11.3 Å². The van der Waals surface area contributed by atoms with Crippen LogP contribution >= 0.6 is 11.8 Å². The normalized spacial score (nSPS) is 20.2. The van der Waals surface area contributed by atoms with Crippen molar-refractivity contribution in [2.24, 2.45) is 0 Å². The summed E-state index contributed by atoms with van der Waals surface area (Å²) in [4.78, 5) is 0. The number of fused-ring (bicyclic) bond motifs is 1. The lowest BCUT2D eigenvalue weighted by molar-refractivity contribution is 0.537. The highest BCUT2D eigenvalue weighted by Crippen LogP contribution is 2.25. The molecule has 1 atom stereocenters. The molecule has 1 saturated heterocycles. The Labute approximate surface area is 106 Å². The van der Waals surface area contributed by atoms with Crippen LogP contribution in [0.4, 0.5) is 0 Å². The topological polar surface area (TPSA) is 25.2 Å². The van der Waals surface area contributed by atoms with Crippen molar-refractivity contribution < 1.29 is 4.42 Å². The zero-order valence-electron chi connectivity index (χ0n) is 10.0. The SMILES string of the molecule is Cc1oc2ccccc2c1CNC1CCSC1. The average Bonchev–Trinajstić information content (AvgIpc) is 2.93. The molecule has 0 radical (unpaired) electrons. The smallest absolute Gasteiger partial charge is 0.134 e. The molecule has 2 heterocycles. The summed E-state index contributed by atoms with van der Waals surface area (Å²) in [6, 6.07) is 8.96. The van der Waals surface area contributed by atoms with Gasteiger partial charge >= 0.3 is 0 Å². The number of hydrogen-bond acceptors (Lipinski definition) is 3. The van der Waals surface area contributed by atoms with E-state index in [-0.39, 0.29) is 0 Å². The van der Waals surface area contributed by atoms with Crippen molar-refractivity contribution in [3.63, 3.8) is 0 Å². The maximum absolute atomic E-state index is 5.77. The Kier molecular flexibility index (Phi) is 3.12. The molecule has 2 aromatic rings. The van der Waals surface area contributed by atoms with Crippen LogP contribution in [0.25, 0.3) is 11.0 Å². The van der Waals surface area contributed by atoms with Gasteiger partial charge in [0.05, 0.1) is 0 Å². The Hall–Kier alpha value is -0.930. The van der Waals surface area contributed by atoms with Crippen molar-refractivity contribution in [3.8, 4) is 0 Å². The van der Waals surface area contributed by atoms with Gasteiger partial charge in [-0.05, 0) is 25.2 Å². The lowest BCUT2D eigenvalue weighted by atomic mass is 10.1. The van der Waals surface area contributed by atoms with Crippen LogP contribution in [-0.4, -0.2) is 17.5 Å². The fourth-order valence-electron chi connectivity index (χ4n) is 2.38. The number of benzene rings is 1. The number of thioether (sulfide) groups is 1. The number of para-hydroxylation sites is 1. The third-order valence-corrected chi connectivity index (χ3v) is 4.56. The fourth-order valence-corrected chi connectivity index (χ4v) is 3.57. The molecule has 3 heteroatoms. The summed E-state index contributed by atoms with van der Waals surface area (Å²) >= 11 is 2.04. The van der Waals surface area contributed by atoms with Crippen LogP contribution < -0.4 is 5.32 Å². The Bertz CT molecular complexity index is 514. The van der Waals surface area contributed by atoms with Crippen LogP contribution in [0.2, 0.25) is 0 Å². The summed E-state index contributed by atoms with van der Waals surface area (Å²) in [7, 11) is 0. The molecule has 0 amide bonds. The van der Waals surface area contributed by atoms with E-state index in [9.17, 15) is 0 Å². The van der Waals surface area contributed by atoms with Crippen LogP contribution in [0.5, 0.6) is 0 Å². The molecule has 1 fully saturated rings. The molecule has 1 unspecified atom stereocenters. The average molecular weight is 247 g/mol. The first kappa shape index (κ1) is 11.2. The molecule has 0 saturated carbocycles. The first-order valence-electron chi connectivity index (χ1n) is 6.13. The van der Waals surface area contributed by atoms with E-state index in [4.69, 9.17) is 4.42 Å². The predicted molar refractivity (Wildman–Crippen MR) is 73.5 cm³/mol. The summed E-state index contributed by atoms with van der Waals surface area (Å²) in [6.07, 6.45) is 1.29. The molecule has 0 aliphatic carbocycles. The summed E-state index contributed by atoms with van der Waals surface area (Å²) in [6.45, 7) is 2.98. The largest absolute Gasteiger partial charge is 0.461 e. The van der Waals surface area contributed by atoms with E-state index in [1.165, 1.54) is 28.9 Å². The van der Waals surface area contributed by atoms with Gasteiger partial charge in [0.2, 0.25) is 0 Å². The van der Waals surface area contributed by atoms with Gasteiger partial charge < -0.3 is 9.73 Å². The maximum atomic E-state index is 5.77.